The molecule has 1 rings (SSSR count). The van der Waals surface area contributed by atoms with Gasteiger partial charge >= 0.3 is 0 Å². The zero-order chi connectivity index (χ0) is 11.3. The zero-order valence-electron chi connectivity index (χ0n) is 9.51. The summed E-state index contributed by atoms with van der Waals surface area (Å²) in [5, 5.41) is 3.45. The molecule has 0 saturated carbocycles. The van der Waals surface area contributed by atoms with Gasteiger partial charge in [-0.2, -0.15) is 0 Å². The number of ether oxygens (including phenoxy) is 1. The van der Waals surface area contributed by atoms with E-state index >= 15 is 0 Å². The van der Waals surface area contributed by atoms with Gasteiger partial charge in [-0.05, 0) is 44.0 Å². The van der Waals surface area contributed by atoms with E-state index in [0.29, 0.717) is 6.04 Å². The summed E-state index contributed by atoms with van der Waals surface area (Å²) >= 11 is 3.49. The second kappa shape index (κ2) is 6.13. The van der Waals surface area contributed by atoms with Gasteiger partial charge in [0.1, 0.15) is 0 Å². The SMILES string of the molecule is COCCC(C)Nc1cc(C)cc(Br)c1. The van der Waals surface area contributed by atoms with E-state index in [-0.39, 0.29) is 0 Å². The highest BCUT2D eigenvalue weighted by atomic mass is 79.9. The molecule has 1 unspecified atom stereocenters. The molecular weight excluding hydrogens is 254 g/mol. The van der Waals surface area contributed by atoms with Crippen molar-refractivity contribution in [3.05, 3.63) is 28.2 Å². The maximum atomic E-state index is 5.05. The normalized spacial score (nSPS) is 12.5. The van der Waals surface area contributed by atoms with Crippen molar-refractivity contribution in [2.75, 3.05) is 19.0 Å². The number of rotatable bonds is 5. The Morgan fingerprint density at radius 2 is 2.13 bits per heavy atom. The topological polar surface area (TPSA) is 21.3 Å². The molecular formula is C12H18BrNO. The van der Waals surface area contributed by atoms with Crippen LogP contribution in [-0.2, 0) is 4.74 Å². The predicted octanol–water partition coefficient (Wildman–Crippen LogP) is 3.59. The number of hydrogen-bond donors (Lipinski definition) is 1. The van der Waals surface area contributed by atoms with E-state index in [1.165, 1.54) is 5.56 Å². The molecule has 0 aliphatic carbocycles. The molecule has 0 aliphatic heterocycles. The summed E-state index contributed by atoms with van der Waals surface area (Å²) < 4.78 is 6.16. The molecule has 1 aromatic carbocycles. The van der Waals surface area contributed by atoms with Gasteiger partial charge < -0.3 is 10.1 Å². The molecule has 84 valence electrons. The highest BCUT2D eigenvalue weighted by Gasteiger charge is 2.02. The molecule has 1 atom stereocenters. The molecule has 0 amide bonds. The van der Waals surface area contributed by atoms with Crippen molar-refractivity contribution in [3.8, 4) is 0 Å². The maximum Gasteiger partial charge on any atom is 0.0481 e. The van der Waals surface area contributed by atoms with Crippen LogP contribution < -0.4 is 5.32 Å². The van der Waals surface area contributed by atoms with Crippen molar-refractivity contribution in [2.45, 2.75) is 26.3 Å². The number of methoxy groups -OCH3 is 1. The average molecular weight is 272 g/mol. The Morgan fingerprint density at radius 3 is 2.73 bits per heavy atom. The summed E-state index contributed by atoms with van der Waals surface area (Å²) in [6.07, 6.45) is 1.02. The molecule has 15 heavy (non-hydrogen) atoms. The highest BCUT2D eigenvalue weighted by molar-refractivity contribution is 9.10. The minimum absolute atomic E-state index is 0.429. The lowest BCUT2D eigenvalue weighted by atomic mass is 10.2. The minimum Gasteiger partial charge on any atom is -0.385 e. The third-order valence-corrected chi connectivity index (χ3v) is 2.67. The first-order valence-corrected chi connectivity index (χ1v) is 5.94. The molecule has 0 fully saturated rings. The van der Waals surface area contributed by atoms with Gasteiger partial charge in [0.05, 0.1) is 0 Å². The Bertz CT molecular complexity index is 294. The number of nitrogens with one attached hydrogen (secondary N) is 1. The number of halogens is 1. The van der Waals surface area contributed by atoms with Gasteiger partial charge in [0.25, 0.3) is 0 Å². The van der Waals surface area contributed by atoms with E-state index in [9.17, 15) is 0 Å². The van der Waals surface area contributed by atoms with Crippen LogP contribution in [0, 0.1) is 6.92 Å². The van der Waals surface area contributed by atoms with Crippen molar-refractivity contribution in [1.82, 2.24) is 0 Å². The van der Waals surface area contributed by atoms with Gasteiger partial charge in [-0.25, -0.2) is 0 Å². The monoisotopic (exact) mass is 271 g/mol. The average Bonchev–Trinajstić information content (AvgIpc) is 2.13. The smallest absolute Gasteiger partial charge is 0.0481 e. The summed E-state index contributed by atoms with van der Waals surface area (Å²) in [6, 6.07) is 6.77. The molecule has 0 heterocycles. The second-order valence-corrected chi connectivity index (χ2v) is 4.76. The fraction of sp³-hybridized carbons (Fsp3) is 0.500. The molecule has 0 aromatic heterocycles. The Labute approximate surface area is 100 Å². The van der Waals surface area contributed by atoms with E-state index in [4.69, 9.17) is 4.74 Å². The Morgan fingerprint density at radius 1 is 1.40 bits per heavy atom. The second-order valence-electron chi connectivity index (χ2n) is 3.84. The lowest BCUT2D eigenvalue weighted by Gasteiger charge is -2.15. The lowest BCUT2D eigenvalue weighted by Crippen LogP contribution is -2.17. The van der Waals surface area contributed by atoms with Gasteiger partial charge in [0.2, 0.25) is 0 Å². The first kappa shape index (κ1) is 12.5. The van der Waals surface area contributed by atoms with Crippen molar-refractivity contribution >= 4 is 21.6 Å². The van der Waals surface area contributed by atoms with Crippen LogP contribution >= 0.6 is 15.9 Å². The summed E-state index contributed by atoms with van der Waals surface area (Å²) in [4.78, 5) is 0. The van der Waals surface area contributed by atoms with E-state index in [1.54, 1.807) is 7.11 Å². The molecule has 0 radical (unpaired) electrons. The van der Waals surface area contributed by atoms with Crippen LogP contribution in [-0.4, -0.2) is 19.8 Å². The van der Waals surface area contributed by atoms with Gasteiger partial charge in [0.15, 0.2) is 0 Å². The molecule has 0 bridgehead atoms. The third-order valence-electron chi connectivity index (χ3n) is 2.21. The fourth-order valence-electron chi connectivity index (χ4n) is 1.47. The third kappa shape index (κ3) is 4.67. The van der Waals surface area contributed by atoms with Crippen molar-refractivity contribution in [1.29, 1.82) is 0 Å². The van der Waals surface area contributed by atoms with Crippen molar-refractivity contribution < 1.29 is 4.74 Å². The Kier molecular flexibility index (Phi) is 5.12. The molecule has 2 nitrogen and oxygen atoms in total. The van der Waals surface area contributed by atoms with Gasteiger partial charge in [0, 0.05) is 29.9 Å². The first-order chi connectivity index (χ1) is 7.11. The maximum absolute atomic E-state index is 5.05. The molecule has 0 spiro atoms. The standard InChI is InChI=1S/C12H18BrNO/c1-9-6-11(13)8-12(7-9)14-10(2)4-5-15-3/h6-8,10,14H,4-5H2,1-3H3. The molecule has 3 heteroatoms. The van der Waals surface area contributed by atoms with E-state index in [1.807, 2.05) is 0 Å². The molecule has 0 saturated heterocycles. The molecule has 1 aromatic rings. The number of hydrogen-bond acceptors (Lipinski definition) is 2. The first-order valence-electron chi connectivity index (χ1n) is 5.14. The van der Waals surface area contributed by atoms with Crippen LogP contribution in [0.1, 0.15) is 18.9 Å². The lowest BCUT2D eigenvalue weighted by molar-refractivity contribution is 0.191. The number of anilines is 1. The van der Waals surface area contributed by atoms with Gasteiger partial charge in [-0.3, -0.25) is 0 Å². The molecule has 0 aliphatic rings. The molecule has 1 N–H and O–H groups in total. The summed E-state index contributed by atoms with van der Waals surface area (Å²) in [6.45, 7) is 5.05. The van der Waals surface area contributed by atoms with E-state index < -0.39 is 0 Å². The van der Waals surface area contributed by atoms with Crippen LogP contribution in [0.25, 0.3) is 0 Å². The highest BCUT2D eigenvalue weighted by Crippen LogP contribution is 2.20. The fourth-order valence-corrected chi connectivity index (χ4v) is 2.08. The summed E-state index contributed by atoms with van der Waals surface area (Å²) in [5.74, 6) is 0. The quantitative estimate of drug-likeness (QED) is 0.884. The van der Waals surface area contributed by atoms with Gasteiger partial charge in [-0.1, -0.05) is 15.9 Å². The number of aryl methyl sites for hydroxylation is 1. The zero-order valence-corrected chi connectivity index (χ0v) is 11.1. The number of benzene rings is 1. The largest absolute Gasteiger partial charge is 0.385 e. The van der Waals surface area contributed by atoms with Crippen LogP contribution in [0.2, 0.25) is 0 Å². The Balaban J connectivity index is 2.56. The van der Waals surface area contributed by atoms with E-state index in [0.717, 1.165) is 23.2 Å². The summed E-state index contributed by atoms with van der Waals surface area (Å²) in [5.41, 5.74) is 2.41. The van der Waals surface area contributed by atoms with Gasteiger partial charge in [-0.15, -0.1) is 0 Å². The predicted molar refractivity (Wildman–Crippen MR) is 68.5 cm³/mol. The van der Waals surface area contributed by atoms with E-state index in [2.05, 4.69) is 53.3 Å². The van der Waals surface area contributed by atoms with Crippen molar-refractivity contribution in [2.24, 2.45) is 0 Å². The van der Waals surface area contributed by atoms with Crippen LogP contribution in [0.15, 0.2) is 22.7 Å². The van der Waals surface area contributed by atoms with Crippen LogP contribution in [0.4, 0.5) is 5.69 Å². The van der Waals surface area contributed by atoms with Crippen LogP contribution in [0.5, 0.6) is 0 Å². The Hall–Kier alpha value is -0.540. The minimum atomic E-state index is 0.429. The summed E-state index contributed by atoms with van der Waals surface area (Å²) in [7, 11) is 1.73. The van der Waals surface area contributed by atoms with Crippen molar-refractivity contribution in [3.63, 3.8) is 0 Å². The van der Waals surface area contributed by atoms with Crippen LogP contribution in [0.3, 0.4) is 0 Å².